The van der Waals surface area contributed by atoms with Crippen molar-refractivity contribution in [2.45, 2.75) is 26.3 Å². The maximum Gasteiger partial charge on any atom is 0.309 e. The van der Waals surface area contributed by atoms with E-state index < -0.39 is 5.91 Å². The molecular weight excluding hydrogens is 258 g/mol. The molecule has 1 aromatic carbocycles. The zero-order valence-corrected chi connectivity index (χ0v) is 11.9. The van der Waals surface area contributed by atoms with Crippen molar-refractivity contribution >= 4 is 5.91 Å². The van der Waals surface area contributed by atoms with Gasteiger partial charge in [-0.25, -0.2) is 0 Å². The second-order valence-electron chi connectivity index (χ2n) is 5.32. The Labute approximate surface area is 117 Å². The first-order valence-electron chi connectivity index (χ1n) is 6.20. The summed E-state index contributed by atoms with van der Waals surface area (Å²) in [6, 6.07) is 7.25. The molecule has 6 heteroatoms. The molecule has 1 N–H and O–H groups in total. The Morgan fingerprint density at radius 1 is 1.25 bits per heavy atom. The van der Waals surface area contributed by atoms with E-state index in [1.165, 1.54) is 0 Å². The minimum absolute atomic E-state index is 0.0687. The van der Waals surface area contributed by atoms with Crippen LogP contribution in [0.15, 0.2) is 28.7 Å². The first kappa shape index (κ1) is 14.0. The number of methoxy groups -OCH3 is 1. The number of amides is 1. The van der Waals surface area contributed by atoms with Gasteiger partial charge < -0.3 is 14.5 Å². The molecule has 0 saturated heterocycles. The number of hydrogen-bond donors (Lipinski definition) is 1. The van der Waals surface area contributed by atoms with Crippen LogP contribution in [0.2, 0.25) is 0 Å². The van der Waals surface area contributed by atoms with Crippen LogP contribution in [0.25, 0.3) is 11.5 Å². The molecule has 1 heterocycles. The van der Waals surface area contributed by atoms with Crippen LogP contribution in [0.4, 0.5) is 0 Å². The topological polar surface area (TPSA) is 77.2 Å². The molecule has 20 heavy (non-hydrogen) atoms. The van der Waals surface area contributed by atoms with Crippen molar-refractivity contribution in [2.24, 2.45) is 0 Å². The standard InChI is InChI=1S/C14H17N3O3/c1-14(2,3)15-11(18)13-17-16-12(20-13)9-7-5-6-8-10(9)19-4/h5-8H,1-4H3,(H,15,18). The SMILES string of the molecule is COc1ccccc1-c1nnc(C(=O)NC(C)(C)C)o1. The number of rotatable bonds is 3. The number of aromatic nitrogens is 2. The summed E-state index contributed by atoms with van der Waals surface area (Å²) in [6.07, 6.45) is 0. The summed E-state index contributed by atoms with van der Waals surface area (Å²) in [5.41, 5.74) is 0.285. The minimum atomic E-state index is -0.397. The van der Waals surface area contributed by atoms with E-state index in [-0.39, 0.29) is 17.3 Å². The molecule has 0 fully saturated rings. The number of hydrogen-bond acceptors (Lipinski definition) is 5. The van der Waals surface area contributed by atoms with E-state index >= 15 is 0 Å². The summed E-state index contributed by atoms with van der Waals surface area (Å²) < 4.78 is 10.6. The van der Waals surface area contributed by atoms with E-state index in [9.17, 15) is 4.79 Å². The van der Waals surface area contributed by atoms with Crippen LogP contribution in [-0.2, 0) is 0 Å². The van der Waals surface area contributed by atoms with Gasteiger partial charge in [0.2, 0.25) is 0 Å². The quantitative estimate of drug-likeness (QED) is 0.929. The summed E-state index contributed by atoms with van der Waals surface area (Å²) in [4.78, 5) is 11.9. The van der Waals surface area contributed by atoms with Gasteiger partial charge in [-0.1, -0.05) is 12.1 Å². The Morgan fingerprint density at radius 2 is 1.95 bits per heavy atom. The Morgan fingerprint density at radius 3 is 2.60 bits per heavy atom. The fraction of sp³-hybridized carbons (Fsp3) is 0.357. The zero-order valence-electron chi connectivity index (χ0n) is 11.9. The Hall–Kier alpha value is -2.37. The van der Waals surface area contributed by atoms with Gasteiger partial charge in [0, 0.05) is 5.54 Å². The number of benzene rings is 1. The maximum atomic E-state index is 11.9. The van der Waals surface area contributed by atoms with Crippen LogP contribution < -0.4 is 10.1 Å². The first-order chi connectivity index (χ1) is 9.40. The highest BCUT2D eigenvalue weighted by molar-refractivity contribution is 5.90. The van der Waals surface area contributed by atoms with Crippen molar-refractivity contribution < 1.29 is 13.9 Å². The van der Waals surface area contributed by atoms with Gasteiger partial charge in [0.05, 0.1) is 12.7 Å². The molecule has 6 nitrogen and oxygen atoms in total. The van der Waals surface area contributed by atoms with Crippen LogP contribution in [0.1, 0.15) is 31.5 Å². The van der Waals surface area contributed by atoms with Gasteiger partial charge >= 0.3 is 11.8 Å². The van der Waals surface area contributed by atoms with Gasteiger partial charge in [0.1, 0.15) is 5.75 Å². The summed E-state index contributed by atoms with van der Waals surface area (Å²) in [7, 11) is 1.56. The fourth-order valence-electron chi connectivity index (χ4n) is 1.64. The normalized spacial score (nSPS) is 11.2. The molecule has 2 aromatic rings. The summed E-state index contributed by atoms with van der Waals surface area (Å²) >= 11 is 0. The third kappa shape index (κ3) is 3.14. The lowest BCUT2D eigenvalue weighted by Crippen LogP contribution is -2.40. The van der Waals surface area contributed by atoms with Crippen LogP contribution in [0.5, 0.6) is 5.75 Å². The van der Waals surface area contributed by atoms with Crippen molar-refractivity contribution in [1.29, 1.82) is 0 Å². The Bertz CT molecular complexity index is 614. The lowest BCUT2D eigenvalue weighted by Gasteiger charge is -2.18. The number of carbonyl (C=O) groups is 1. The van der Waals surface area contributed by atoms with Crippen molar-refractivity contribution in [2.75, 3.05) is 7.11 Å². The van der Waals surface area contributed by atoms with Crippen LogP contribution >= 0.6 is 0 Å². The number of ether oxygens (including phenoxy) is 1. The molecule has 0 atom stereocenters. The molecule has 0 radical (unpaired) electrons. The maximum absolute atomic E-state index is 11.9. The largest absolute Gasteiger partial charge is 0.496 e. The molecule has 0 aliphatic carbocycles. The van der Waals surface area contributed by atoms with Crippen LogP contribution in [-0.4, -0.2) is 28.8 Å². The van der Waals surface area contributed by atoms with Crippen LogP contribution in [0, 0.1) is 0 Å². The van der Waals surface area contributed by atoms with E-state index in [1.54, 1.807) is 19.2 Å². The molecule has 0 aliphatic rings. The van der Waals surface area contributed by atoms with Crippen molar-refractivity contribution in [3.8, 4) is 17.2 Å². The number of para-hydroxylation sites is 1. The van der Waals surface area contributed by atoms with E-state index in [4.69, 9.17) is 9.15 Å². The molecule has 2 rings (SSSR count). The second-order valence-corrected chi connectivity index (χ2v) is 5.32. The molecule has 0 aliphatic heterocycles. The molecular formula is C14H17N3O3. The van der Waals surface area contributed by atoms with Gasteiger partial charge in [-0.15, -0.1) is 10.2 Å². The predicted molar refractivity (Wildman–Crippen MR) is 73.5 cm³/mol. The monoisotopic (exact) mass is 275 g/mol. The van der Waals surface area contributed by atoms with Gasteiger partial charge in [-0.2, -0.15) is 0 Å². The minimum Gasteiger partial charge on any atom is -0.496 e. The van der Waals surface area contributed by atoms with Gasteiger partial charge in [0.25, 0.3) is 5.89 Å². The highest BCUT2D eigenvalue weighted by Gasteiger charge is 2.21. The number of carbonyl (C=O) groups excluding carboxylic acids is 1. The highest BCUT2D eigenvalue weighted by atomic mass is 16.5. The smallest absolute Gasteiger partial charge is 0.309 e. The highest BCUT2D eigenvalue weighted by Crippen LogP contribution is 2.28. The van der Waals surface area contributed by atoms with Crippen molar-refractivity contribution in [1.82, 2.24) is 15.5 Å². The average Bonchev–Trinajstić information content (AvgIpc) is 2.86. The molecule has 0 unspecified atom stereocenters. The fourth-order valence-corrected chi connectivity index (χ4v) is 1.64. The third-order valence-electron chi connectivity index (χ3n) is 2.45. The first-order valence-corrected chi connectivity index (χ1v) is 6.20. The van der Waals surface area contributed by atoms with E-state index in [0.29, 0.717) is 11.3 Å². The molecule has 106 valence electrons. The average molecular weight is 275 g/mol. The summed E-state index contributed by atoms with van der Waals surface area (Å²) in [5.74, 6) is 0.396. The van der Waals surface area contributed by atoms with Gasteiger partial charge in [-0.05, 0) is 32.9 Å². The van der Waals surface area contributed by atoms with Gasteiger partial charge in [0.15, 0.2) is 0 Å². The molecule has 0 spiro atoms. The van der Waals surface area contributed by atoms with Crippen molar-refractivity contribution in [3.63, 3.8) is 0 Å². The van der Waals surface area contributed by atoms with Crippen molar-refractivity contribution in [3.05, 3.63) is 30.2 Å². The summed E-state index contributed by atoms with van der Waals surface area (Å²) in [6.45, 7) is 5.63. The third-order valence-corrected chi connectivity index (χ3v) is 2.45. The van der Waals surface area contributed by atoms with E-state index in [0.717, 1.165) is 0 Å². The zero-order chi connectivity index (χ0) is 14.8. The lowest BCUT2D eigenvalue weighted by molar-refractivity contribution is 0.0884. The van der Waals surface area contributed by atoms with Crippen LogP contribution in [0.3, 0.4) is 0 Å². The predicted octanol–water partition coefficient (Wildman–Crippen LogP) is 2.27. The van der Waals surface area contributed by atoms with E-state index in [1.807, 2.05) is 32.9 Å². The number of nitrogens with zero attached hydrogens (tertiary/aromatic N) is 2. The second kappa shape index (κ2) is 5.32. The Kier molecular flexibility index (Phi) is 3.74. The lowest BCUT2D eigenvalue weighted by atomic mass is 10.1. The molecule has 0 saturated carbocycles. The van der Waals surface area contributed by atoms with E-state index in [2.05, 4.69) is 15.5 Å². The molecule has 0 bridgehead atoms. The number of nitrogens with one attached hydrogen (secondary N) is 1. The summed E-state index contributed by atoms with van der Waals surface area (Å²) in [5, 5.41) is 10.4. The Balaban J connectivity index is 2.27. The molecule has 1 aromatic heterocycles. The van der Waals surface area contributed by atoms with Gasteiger partial charge in [-0.3, -0.25) is 4.79 Å². The molecule has 1 amide bonds.